The summed E-state index contributed by atoms with van der Waals surface area (Å²) in [6, 6.07) is 38.3. The second-order valence-electron chi connectivity index (χ2n) is 11.1. The van der Waals surface area contributed by atoms with Crippen molar-refractivity contribution in [2.75, 3.05) is 5.73 Å². The number of rotatable bonds is 1. The number of aromatic nitrogens is 4. The molecule has 0 radical (unpaired) electrons. The van der Waals surface area contributed by atoms with Crippen LogP contribution in [-0.2, 0) is 0 Å². The Bertz CT molecular complexity index is 2440. The highest BCUT2D eigenvalue weighted by Gasteiger charge is 2.15. The van der Waals surface area contributed by atoms with Crippen molar-refractivity contribution < 1.29 is 0 Å². The zero-order chi connectivity index (χ0) is 28.5. The zero-order valence-electron chi connectivity index (χ0n) is 23.1. The number of H-pyrrole nitrogens is 1. The molecule has 7 aromatic rings. The zero-order valence-corrected chi connectivity index (χ0v) is 23.1. The summed E-state index contributed by atoms with van der Waals surface area (Å²) in [5.74, 6) is 0. The van der Waals surface area contributed by atoms with Gasteiger partial charge in [-0.1, -0.05) is 42.5 Å². The van der Waals surface area contributed by atoms with E-state index in [1.54, 1.807) is 0 Å². The van der Waals surface area contributed by atoms with Crippen molar-refractivity contribution in [1.82, 2.24) is 19.5 Å². The first kappa shape index (κ1) is 23.7. The van der Waals surface area contributed by atoms with Crippen LogP contribution in [0.5, 0.6) is 0 Å². The van der Waals surface area contributed by atoms with Crippen LogP contribution in [0.15, 0.2) is 109 Å². The molecule has 0 atom stereocenters. The van der Waals surface area contributed by atoms with Gasteiger partial charge in [-0.25, -0.2) is 9.97 Å². The monoisotopic (exact) mass is 551 g/mol. The Hall–Kier alpha value is -5.94. The second kappa shape index (κ2) is 9.03. The second-order valence-corrected chi connectivity index (χ2v) is 11.1. The molecule has 0 unspecified atom stereocenters. The van der Waals surface area contributed by atoms with E-state index in [4.69, 9.17) is 15.7 Å². The van der Waals surface area contributed by atoms with Crippen molar-refractivity contribution in [3.05, 3.63) is 132 Å². The van der Waals surface area contributed by atoms with E-state index in [1.165, 1.54) is 21.5 Å². The van der Waals surface area contributed by atoms with Crippen LogP contribution in [0.1, 0.15) is 22.8 Å². The first-order valence-corrected chi connectivity index (χ1v) is 14.4. The summed E-state index contributed by atoms with van der Waals surface area (Å²) < 4.78 is 2.25. The Morgan fingerprint density at radius 3 is 1.72 bits per heavy atom. The molecule has 8 bridgehead atoms. The van der Waals surface area contributed by atoms with E-state index in [-0.39, 0.29) is 0 Å². The van der Waals surface area contributed by atoms with Crippen molar-refractivity contribution in [2.45, 2.75) is 0 Å². The average Bonchev–Trinajstić information content (AvgIpc) is 3.82. The van der Waals surface area contributed by atoms with E-state index < -0.39 is 0 Å². The Morgan fingerprint density at radius 1 is 0.512 bits per heavy atom. The van der Waals surface area contributed by atoms with Gasteiger partial charge in [-0.3, -0.25) is 0 Å². The fourth-order valence-electron chi connectivity index (χ4n) is 6.36. The first-order valence-electron chi connectivity index (χ1n) is 14.4. The number of nitrogen functional groups attached to an aromatic ring is 1. The normalized spacial score (nSPS) is 12.6. The SMILES string of the molecule is Nc1ccc2ccc3cc4ccccc4cc3c2c1-n1c2ccc1cc1nc(cc3ccc(cc4nc(c2)C=C4)[nH]3)C=C1. The van der Waals surface area contributed by atoms with Crippen molar-refractivity contribution in [1.29, 1.82) is 0 Å². The maximum Gasteiger partial charge on any atom is 0.0776 e. The quantitative estimate of drug-likeness (QED) is 0.121. The van der Waals surface area contributed by atoms with Gasteiger partial charge in [0.2, 0.25) is 0 Å². The number of aromatic amines is 1. The predicted octanol–water partition coefficient (Wildman–Crippen LogP) is 9.16. The largest absolute Gasteiger partial charge is 0.397 e. The van der Waals surface area contributed by atoms with E-state index in [0.29, 0.717) is 5.69 Å². The number of benzene rings is 4. The molecule has 5 heterocycles. The fourth-order valence-corrected chi connectivity index (χ4v) is 6.36. The Labute approximate surface area is 246 Å². The third-order valence-electron chi connectivity index (χ3n) is 8.33. The average molecular weight is 552 g/mol. The van der Waals surface area contributed by atoms with Crippen LogP contribution in [0.3, 0.4) is 0 Å². The molecule has 3 aromatic heterocycles. The minimum Gasteiger partial charge on any atom is -0.397 e. The molecule has 0 saturated carbocycles. The number of nitrogens with one attached hydrogen (secondary N) is 1. The third-order valence-corrected chi connectivity index (χ3v) is 8.33. The predicted molar refractivity (Wildman–Crippen MR) is 181 cm³/mol. The van der Waals surface area contributed by atoms with Gasteiger partial charge >= 0.3 is 0 Å². The van der Waals surface area contributed by atoms with Crippen molar-refractivity contribution in [2.24, 2.45) is 0 Å². The summed E-state index contributed by atoms with van der Waals surface area (Å²) >= 11 is 0. The summed E-state index contributed by atoms with van der Waals surface area (Å²) in [5, 5.41) is 7.02. The molecular formula is C38H25N5. The Kier molecular flexibility index (Phi) is 4.98. The van der Waals surface area contributed by atoms with Crippen LogP contribution in [0.25, 0.3) is 84.4 Å². The van der Waals surface area contributed by atoms with Crippen LogP contribution in [0.2, 0.25) is 0 Å². The minimum atomic E-state index is 0.707. The van der Waals surface area contributed by atoms with Crippen LogP contribution < -0.4 is 5.73 Å². The highest BCUT2D eigenvalue weighted by molar-refractivity contribution is 6.17. The van der Waals surface area contributed by atoms with E-state index >= 15 is 0 Å². The first-order chi connectivity index (χ1) is 21.1. The molecule has 4 aromatic carbocycles. The molecule has 0 fully saturated rings. The number of nitrogens with two attached hydrogens (primary N) is 1. The maximum atomic E-state index is 6.91. The molecule has 9 rings (SSSR count). The molecule has 0 saturated heterocycles. The Morgan fingerprint density at radius 2 is 1.07 bits per heavy atom. The minimum absolute atomic E-state index is 0.707. The number of anilines is 1. The van der Waals surface area contributed by atoms with Gasteiger partial charge in [0.05, 0.1) is 34.2 Å². The Balaban J connectivity index is 1.44. The van der Waals surface area contributed by atoms with Crippen molar-refractivity contribution in [3.8, 4) is 5.69 Å². The van der Waals surface area contributed by atoms with Crippen LogP contribution in [-0.4, -0.2) is 19.5 Å². The van der Waals surface area contributed by atoms with Gasteiger partial charge in [0, 0.05) is 27.5 Å². The molecule has 5 heteroatoms. The van der Waals surface area contributed by atoms with Gasteiger partial charge in [-0.15, -0.1) is 0 Å². The van der Waals surface area contributed by atoms with Gasteiger partial charge in [0.25, 0.3) is 0 Å². The molecular weight excluding hydrogens is 526 g/mol. The van der Waals surface area contributed by atoms with E-state index in [2.05, 4.69) is 125 Å². The summed E-state index contributed by atoms with van der Waals surface area (Å²) in [6.07, 6.45) is 8.20. The smallest absolute Gasteiger partial charge is 0.0776 e. The fraction of sp³-hybridized carbons (Fsp3) is 0. The van der Waals surface area contributed by atoms with Crippen molar-refractivity contribution in [3.63, 3.8) is 0 Å². The maximum absolute atomic E-state index is 6.91. The summed E-state index contributed by atoms with van der Waals surface area (Å²) in [5.41, 5.74) is 16.1. The molecule has 0 spiro atoms. The van der Waals surface area contributed by atoms with Crippen LogP contribution in [0.4, 0.5) is 5.69 Å². The molecule has 0 aliphatic carbocycles. The molecule has 3 N–H and O–H groups in total. The van der Waals surface area contributed by atoms with Crippen LogP contribution >= 0.6 is 0 Å². The van der Waals surface area contributed by atoms with Gasteiger partial charge in [-0.2, -0.15) is 0 Å². The number of hydrogen-bond donors (Lipinski definition) is 2. The lowest BCUT2D eigenvalue weighted by molar-refractivity contribution is 1.19. The molecule has 2 aliphatic rings. The topological polar surface area (TPSA) is 72.5 Å². The van der Waals surface area contributed by atoms with Gasteiger partial charge in [-0.05, 0) is 118 Å². The highest BCUT2D eigenvalue weighted by Crippen LogP contribution is 2.38. The summed E-state index contributed by atoms with van der Waals surface area (Å²) in [4.78, 5) is 13.3. The molecule has 43 heavy (non-hydrogen) atoms. The number of hydrogen-bond acceptors (Lipinski definition) is 3. The summed E-state index contributed by atoms with van der Waals surface area (Å²) in [7, 11) is 0. The van der Waals surface area contributed by atoms with Crippen LogP contribution in [0, 0.1) is 0 Å². The highest BCUT2D eigenvalue weighted by atomic mass is 15.0. The van der Waals surface area contributed by atoms with E-state index in [1.807, 2.05) is 18.2 Å². The number of nitrogens with zero attached hydrogens (tertiary/aromatic N) is 3. The van der Waals surface area contributed by atoms with E-state index in [0.717, 1.165) is 61.3 Å². The van der Waals surface area contributed by atoms with Gasteiger partial charge in [0.1, 0.15) is 0 Å². The lowest BCUT2D eigenvalue weighted by atomic mass is 9.96. The molecule has 202 valence electrons. The number of fused-ring (bicyclic) bond motifs is 12. The lowest BCUT2D eigenvalue weighted by Crippen LogP contribution is -2.01. The van der Waals surface area contributed by atoms with E-state index in [9.17, 15) is 0 Å². The van der Waals surface area contributed by atoms with Crippen molar-refractivity contribution >= 4 is 84.4 Å². The standard InChI is InChI=1S/C38H25N5/c39-36-16-7-23-5-6-26-17-24-3-1-2-4-25(24)18-35(26)37(23)38(36)43-33-14-15-34(43)22-32-13-11-30(42-32)20-28-9-8-27(40-28)19-29-10-12-31(21-33)41-29/h1-22,40H,39H2. The van der Waals surface area contributed by atoms with Gasteiger partial charge < -0.3 is 15.3 Å². The molecule has 5 nitrogen and oxygen atoms in total. The lowest BCUT2D eigenvalue weighted by Gasteiger charge is -2.16. The summed E-state index contributed by atoms with van der Waals surface area (Å²) in [6.45, 7) is 0. The van der Waals surface area contributed by atoms with Gasteiger partial charge in [0.15, 0.2) is 0 Å². The third kappa shape index (κ3) is 3.94. The molecule has 2 aliphatic heterocycles. The molecule has 0 amide bonds.